The number of nitrogens with two attached hydrogens (primary N) is 1. The maximum absolute atomic E-state index is 5.76. The molecule has 16 heavy (non-hydrogen) atoms. The molecule has 4 heteroatoms. The summed E-state index contributed by atoms with van der Waals surface area (Å²) in [6.45, 7) is 1.03. The molecular weight excluding hydrogens is 220 g/mol. The Morgan fingerprint density at radius 2 is 2.44 bits per heavy atom. The van der Waals surface area contributed by atoms with Crippen LogP contribution in [0.3, 0.4) is 0 Å². The zero-order valence-electron chi connectivity index (χ0n) is 9.53. The molecule has 0 aromatic heterocycles. The Bertz CT molecular complexity index is 351. The topological polar surface area (TPSA) is 47.3 Å². The number of hydrogen-bond donors (Lipinski definition) is 2. The van der Waals surface area contributed by atoms with E-state index < -0.39 is 0 Å². The molecule has 1 aromatic rings. The average molecular weight is 238 g/mol. The lowest BCUT2D eigenvalue weighted by molar-refractivity contribution is 0.417. The number of nitrogens with one attached hydrogen (secondary N) is 1. The molecule has 0 aliphatic carbocycles. The van der Waals surface area contributed by atoms with E-state index in [0.29, 0.717) is 5.69 Å². The average Bonchev–Trinajstić information content (AvgIpc) is 2.81. The van der Waals surface area contributed by atoms with Crippen molar-refractivity contribution in [3.05, 3.63) is 18.2 Å². The number of anilines is 2. The van der Waals surface area contributed by atoms with Gasteiger partial charge in [0.05, 0.1) is 12.8 Å². The second-order valence-corrected chi connectivity index (χ2v) is 5.38. The van der Waals surface area contributed by atoms with E-state index in [1.165, 1.54) is 18.6 Å². The van der Waals surface area contributed by atoms with Crippen LogP contribution in [-0.2, 0) is 0 Å². The first-order valence-electron chi connectivity index (χ1n) is 5.58. The monoisotopic (exact) mass is 238 g/mol. The minimum Gasteiger partial charge on any atom is -0.495 e. The van der Waals surface area contributed by atoms with Crippen LogP contribution in [0.15, 0.2) is 18.2 Å². The van der Waals surface area contributed by atoms with E-state index in [2.05, 4.69) is 17.1 Å². The van der Waals surface area contributed by atoms with Gasteiger partial charge in [0, 0.05) is 23.5 Å². The van der Waals surface area contributed by atoms with Crippen LogP contribution in [0.25, 0.3) is 0 Å². The summed E-state index contributed by atoms with van der Waals surface area (Å²) in [7, 11) is 1.64. The molecule has 1 aromatic carbocycles. The molecule has 0 spiro atoms. The fourth-order valence-electron chi connectivity index (χ4n) is 1.86. The van der Waals surface area contributed by atoms with Crippen LogP contribution < -0.4 is 15.8 Å². The molecule has 1 heterocycles. The quantitative estimate of drug-likeness (QED) is 0.792. The van der Waals surface area contributed by atoms with E-state index in [9.17, 15) is 0 Å². The van der Waals surface area contributed by atoms with Crippen LogP contribution in [-0.4, -0.2) is 24.7 Å². The standard InChI is InChI=1S/C12H18N2OS/c1-15-12-7-9(4-5-11(12)13)14-8-10-3-2-6-16-10/h4-5,7,10,14H,2-3,6,8,13H2,1H3. The molecule has 1 atom stereocenters. The SMILES string of the molecule is COc1cc(NCC2CCCS2)ccc1N. The van der Waals surface area contributed by atoms with Crippen molar-refractivity contribution in [3.63, 3.8) is 0 Å². The molecule has 0 amide bonds. The van der Waals surface area contributed by atoms with Crippen molar-refractivity contribution in [2.24, 2.45) is 0 Å². The number of methoxy groups -OCH3 is 1. The second-order valence-electron chi connectivity index (χ2n) is 3.97. The van der Waals surface area contributed by atoms with Crippen molar-refractivity contribution in [1.29, 1.82) is 0 Å². The van der Waals surface area contributed by atoms with Crippen LogP contribution in [0.1, 0.15) is 12.8 Å². The summed E-state index contributed by atoms with van der Waals surface area (Å²) < 4.78 is 5.19. The summed E-state index contributed by atoms with van der Waals surface area (Å²) in [6.07, 6.45) is 2.67. The third kappa shape index (κ3) is 2.76. The molecule has 1 fully saturated rings. The van der Waals surface area contributed by atoms with E-state index in [0.717, 1.165) is 23.2 Å². The largest absolute Gasteiger partial charge is 0.495 e. The highest BCUT2D eigenvalue weighted by Crippen LogP contribution is 2.28. The number of benzene rings is 1. The Morgan fingerprint density at radius 3 is 3.12 bits per heavy atom. The number of ether oxygens (including phenoxy) is 1. The summed E-state index contributed by atoms with van der Waals surface area (Å²) >= 11 is 2.06. The van der Waals surface area contributed by atoms with E-state index in [4.69, 9.17) is 10.5 Å². The van der Waals surface area contributed by atoms with Gasteiger partial charge < -0.3 is 15.8 Å². The van der Waals surface area contributed by atoms with E-state index in [1.807, 2.05) is 18.2 Å². The van der Waals surface area contributed by atoms with Crippen molar-refractivity contribution in [2.45, 2.75) is 18.1 Å². The third-order valence-electron chi connectivity index (χ3n) is 2.79. The number of rotatable bonds is 4. The maximum Gasteiger partial charge on any atom is 0.143 e. The summed E-state index contributed by atoms with van der Waals surface area (Å²) in [5.41, 5.74) is 7.53. The smallest absolute Gasteiger partial charge is 0.143 e. The molecule has 3 nitrogen and oxygen atoms in total. The first kappa shape index (κ1) is 11.5. The first-order valence-corrected chi connectivity index (χ1v) is 6.63. The van der Waals surface area contributed by atoms with Crippen LogP contribution in [0.5, 0.6) is 5.75 Å². The van der Waals surface area contributed by atoms with Crippen LogP contribution in [0.4, 0.5) is 11.4 Å². The highest BCUT2D eigenvalue weighted by atomic mass is 32.2. The summed E-state index contributed by atoms with van der Waals surface area (Å²) in [6, 6.07) is 5.83. The van der Waals surface area contributed by atoms with E-state index in [1.54, 1.807) is 7.11 Å². The van der Waals surface area contributed by atoms with E-state index in [-0.39, 0.29) is 0 Å². The Kier molecular flexibility index (Phi) is 3.83. The molecule has 2 rings (SSSR count). The van der Waals surface area contributed by atoms with Crippen molar-refractivity contribution < 1.29 is 4.74 Å². The summed E-state index contributed by atoms with van der Waals surface area (Å²) in [5.74, 6) is 2.04. The zero-order valence-corrected chi connectivity index (χ0v) is 10.3. The van der Waals surface area contributed by atoms with Crippen LogP contribution in [0, 0.1) is 0 Å². The summed E-state index contributed by atoms with van der Waals surface area (Å²) in [4.78, 5) is 0. The Balaban J connectivity index is 1.93. The van der Waals surface area contributed by atoms with Gasteiger partial charge in [-0.15, -0.1) is 0 Å². The van der Waals surface area contributed by atoms with Gasteiger partial charge in [0.2, 0.25) is 0 Å². The summed E-state index contributed by atoms with van der Waals surface area (Å²) in [5, 5.41) is 4.19. The lowest BCUT2D eigenvalue weighted by Gasteiger charge is -2.13. The van der Waals surface area contributed by atoms with Gasteiger partial charge in [-0.2, -0.15) is 11.8 Å². The fourth-order valence-corrected chi connectivity index (χ4v) is 3.06. The molecule has 1 aliphatic rings. The fraction of sp³-hybridized carbons (Fsp3) is 0.500. The molecule has 1 unspecified atom stereocenters. The van der Waals surface area contributed by atoms with Gasteiger partial charge in [-0.1, -0.05) is 0 Å². The van der Waals surface area contributed by atoms with Crippen LogP contribution in [0.2, 0.25) is 0 Å². The van der Waals surface area contributed by atoms with Crippen molar-refractivity contribution in [1.82, 2.24) is 0 Å². The molecule has 0 bridgehead atoms. The Labute approximate surface area is 101 Å². The maximum atomic E-state index is 5.76. The minimum atomic E-state index is 0.684. The zero-order chi connectivity index (χ0) is 11.4. The lowest BCUT2D eigenvalue weighted by atomic mass is 10.2. The first-order chi connectivity index (χ1) is 7.79. The molecule has 1 aliphatic heterocycles. The van der Waals surface area contributed by atoms with Gasteiger partial charge in [0.1, 0.15) is 5.75 Å². The molecule has 0 radical (unpaired) electrons. The molecular formula is C12H18N2OS. The second kappa shape index (κ2) is 5.34. The minimum absolute atomic E-state index is 0.684. The van der Waals surface area contributed by atoms with Gasteiger partial charge in [-0.3, -0.25) is 0 Å². The number of hydrogen-bond acceptors (Lipinski definition) is 4. The van der Waals surface area contributed by atoms with Gasteiger partial charge >= 0.3 is 0 Å². The van der Waals surface area contributed by atoms with Crippen molar-refractivity contribution in [3.8, 4) is 5.75 Å². The molecule has 1 saturated heterocycles. The predicted octanol–water partition coefficient (Wildman–Crippen LogP) is 2.58. The highest BCUT2D eigenvalue weighted by molar-refractivity contribution is 8.00. The molecule has 3 N–H and O–H groups in total. The van der Waals surface area contributed by atoms with Gasteiger partial charge in [0.25, 0.3) is 0 Å². The Morgan fingerprint density at radius 1 is 1.56 bits per heavy atom. The van der Waals surface area contributed by atoms with Crippen LogP contribution >= 0.6 is 11.8 Å². The lowest BCUT2D eigenvalue weighted by Crippen LogP contribution is -2.13. The Hall–Kier alpha value is -1.03. The van der Waals surface area contributed by atoms with E-state index >= 15 is 0 Å². The van der Waals surface area contributed by atoms with Crippen molar-refractivity contribution >= 4 is 23.1 Å². The number of nitrogen functional groups attached to an aromatic ring is 1. The normalized spacial score (nSPS) is 19.7. The van der Waals surface area contributed by atoms with Gasteiger partial charge in [-0.25, -0.2) is 0 Å². The van der Waals surface area contributed by atoms with Gasteiger partial charge in [-0.05, 0) is 30.7 Å². The molecule has 0 saturated carbocycles. The van der Waals surface area contributed by atoms with Gasteiger partial charge in [0.15, 0.2) is 0 Å². The predicted molar refractivity (Wildman–Crippen MR) is 71.4 cm³/mol. The number of thioether (sulfide) groups is 1. The van der Waals surface area contributed by atoms with Crippen molar-refractivity contribution in [2.75, 3.05) is 30.5 Å². The molecule has 88 valence electrons. The highest BCUT2D eigenvalue weighted by Gasteiger charge is 2.14. The third-order valence-corrected chi connectivity index (χ3v) is 4.19.